The van der Waals surface area contributed by atoms with Gasteiger partial charge in [-0.05, 0) is 74.7 Å². The van der Waals surface area contributed by atoms with Gasteiger partial charge in [0, 0.05) is 24.5 Å². The number of aryl methyl sites for hydroxylation is 1. The van der Waals surface area contributed by atoms with Gasteiger partial charge in [0.1, 0.15) is 5.71 Å². The van der Waals surface area contributed by atoms with Crippen LogP contribution >= 0.6 is 11.3 Å². The van der Waals surface area contributed by atoms with Crippen molar-refractivity contribution in [3.8, 4) is 0 Å². The first-order chi connectivity index (χ1) is 12.3. The van der Waals surface area contributed by atoms with Crippen molar-refractivity contribution < 1.29 is 4.74 Å². The third kappa shape index (κ3) is 5.25. The molecule has 0 aliphatic carbocycles. The molecule has 0 radical (unpaired) electrons. The fourth-order valence-electron chi connectivity index (χ4n) is 3.45. The Labute approximate surface area is 155 Å². The zero-order valence-electron chi connectivity index (χ0n) is 15.4. The van der Waals surface area contributed by atoms with Crippen LogP contribution in [0.4, 0.5) is 0 Å². The summed E-state index contributed by atoms with van der Waals surface area (Å²) in [4.78, 5) is 13.1. The number of ether oxygens (including phenoxy) is 1. The Morgan fingerprint density at radius 2 is 2.12 bits per heavy atom. The molecule has 0 bridgehead atoms. The zero-order chi connectivity index (χ0) is 17.5. The highest BCUT2D eigenvalue weighted by Crippen LogP contribution is 2.23. The van der Waals surface area contributed by atoms with Crippen molar-refractivity contribution >= 4 is 29.0 Å². The number of hydrogen-bond donors (Lipinski definition) is 0. The number of thiophene rings is 1. The summed E-state index contributed by atoms with van der Waals surface area (Å²) in [5.41, 5.74) is 2.41. The largest absolute Gasteiger partial charge is 0.480 e. The lowest BCUT2D eigenvalue weighted by Crippen LogP contribution is -2.35. The van der Waals surface area contributed by atoms with Gasteiger partial charge in [-0.3, -0.25) is 14.9 Å². The summed E-state index contributed by atoms with van der Waals surface area (Å²) in [6, 6.07) is 2.20. The zero-order valence-corrected chi connectivity index (χ0v) is 16.2. The van der Waals surface area contributed by atoms with Crippen molar-refractivity contribution in [1.29, 1.82) is 0 Å². The Kier molecular flexibility index (Phi) is 6.82. The van der Waals surface area contributed by atoms with E-state index < -0.39 is 0 Å². The second-order valence-corrected chi connectivity index (χ2v) is 7.81. The molecule has 2 aliphatic rings. The van der Waals surface area contributed by atoms with Crippen molar-refractivity contribution in [3.63, 3.8) is 0 Å². The molecule has 1 unspecified atom stereocenters. The maximum atomic E-state index is 5.45. The van der Waals surface area contributed by atoms with Crippen molar-refractivity contribution in [3.05, 3.63) is 28.0 Å². The number of hydrogen-bond acceptors (Lipinski definition) is 5. The second kappa shape index (κ2) is 9.30. The number of rotatable bonds is 4. The Morgan fingerprint density at radius 3 is 2.92 bits per heavy atom. The van der Waals surface area contributed by atoms with Gasteiger partial charge in [0.15, 0.2) is 0 Å². The van der Waals surface area contributed by atoms with E-state index in [1.54, 1.807) is 7.11 Å². The topological polar surface area (TPSA) is 37.2 Å². The van der Waals surface area contributed by atoms with E-state index in [1.165, 1.54) is 29.7 Å². The molecule has 4 nitrogen and oxygen atoms in total. The highest BCUT2D eigenvalue weighted by molar-refractivity contribution is 7.11. The summed E-state index contributed by atoms with van der Waals surface area (Å²) >= 11 is 1.83. The van der Waals surface area contributed by atoms with Crippen LogP contribution in [0, 0.1) is 12.8 Å². The quantitative estimate of drug-likeness (QED) is 0.813. The van der Waals surface area contributed by atoms with Crippen LogP contribution in [0.15, 0.2) is 27.5 Å². The van der Waals surface area contributed by atoms with Gasteiger partial charge in [-0.2, -0.15) is 0 Å². The third-order valence-corrected chi connectivity index (χ3v) is 5.96. The molecule has 0 spiro atoms. The molecule has 2 aliphatic heterocycles. The van der Waals surface area contributed by atoms with Gasteiger partial charge < -0.3 is 4.74 Å². The number of aliphatic imine (C=N–C) groups is 2. The van der Waals surface area contributed by atoms with Gasteiger partial charge in [-0.25, -0.2) is 0 Å². The Bertz CT molecular complexity index is 647. The van der Waals surface area contributed by atoms with E-state index >= 15 is 0 Å². The SMILES string of the molecule is COC1=NCCCN=C1CN1CCCC(/C=C/c2sccc2C)CC1. The molecule has 0 saturated carbocycles. The second-order valence-electron chi connectivity index (χ2n) is 6.87. The van der Waals surface area contributed by atoms with Gasteiger partial charge in [-0.15, -0.1) is 11.3 Å². The molecule has 5 heteroatoms. The molecular weight excluding hydrogens is 330 g/mol. The summed E-state index contributed by atoms with van der Waals surface area (Å²) in [5, 5.41) is 2.17. The third-order valence-electron chi connectivity index (χ3n) is 4.97. The molecule has 25 heavy (non-hydrogen) atoms. The van der Waals surface area contributed by atoms with Gasteiger partial charge in [0.2, 0.25) is 5.90 Å². The minimum absolute atomic E-state index is 0.679. The lowest BCUT2D eigenvalue weighted by atomic mass is 10.00. The molecule has 0 amide bonds. The summed E-state index contributed by atoms with van der Waals surface area (Å²) in [6.45, 7) is 7.00. The molecule has 0 N–H and O–H groups in total. The molecule has 3 heterocycles. The average Bonchev–Trinajstić information content (AvgIpc) is 2.81. The van der Waals surface area contributed by atoms with Crippen LogP contribution in [0.5, 0.6) is 0 Å². The Balaban J connectivity index is 1.55. The van der Waals surface area contributed by atoms with Crippen LogP contribution in [0.25, 0.3) is 6.08 Å². The van der Waals surface area contributed by atoms with E-state index in [4.69, 9.17) is 9.73 Å². The monoisotopic (exact) mass is 359 g/mol. The molecule has 136 valence electrons. The van der Waals surface area contributed by atoms with E-state index in [-0.39, 0.29) is 0 Å². The molecule has 1 atom stereocenters. The predicted molar refractivity (Wildman–Crippen MR) is 108 cm³/mol. The van der Waals surface area contributed by atoms with E-state index in [2.05, 4.69) is 40.4 Å². The van der Waals surface area contributed by atoms with E-state index in [9.17, 15) is 0 Å². The fourth-order valence-corrected chi connectivity index (χ4v) is 4.28. The number of methoxy groups -OCH3 is 1. The highest BCUT2D eigenvalue weighted by Gasteiger charge is 2.20. The van der Waals surface area contributed by atoms with Crippen molar-refractivity contribution in [2.24, 2.45) is 15.9 Å². The van der Waals surface area contributed by atoms with E-state index in [0.29, 0.717) is 5.92 Å². The van der Waals surface area contributed by atoms with Crippen LogP contribution in [0.1, 0.15) is 36.1 Å². The number of likely N-dealkylation sites (tertiary alicyclic amines) is 1. The summed E-state index contributed by atoms with van der Waals surface area (Å²) in [5.74, 6) is 1.42. The minimum atomic E-state index is 0.679. The summed E-state index contributed by atoms with van der Waals surface area (Å²) in [7, 11) is 1.70. The Morgan fingerprint density at radius 1 is 1.24 bits per heavy atom. The van der Waals surface area contributed by atoms with E-state index in [1.807, 2.05) is 11.3 Å². The molecular formula is C20H29N3OS. The van der Waals surface area contributed by atoms with Crippen LogP contribution in [-0.2, 0) is 4.74 Å². The predicted octanol–water partition coefficient (Wildman–Crippen LogP) is 4.06. The lowest BCUT2D eigenvalue weighted by Gasteiger charge is -2.21. The fraction of sp³-hybridized carbons (Fsp3) is 0.600. The maximum Gasteiger partial charge on any atom is 0.231 e. The normalized spacial score (nSPS) is 23.0. The standard InChI is InChI=1S/C20H29N3OS/c1-16-9-14-25-19(16)7-6-17-5-3-12-23(13-8-17)15-18-20(24-2)22-11-4-10-21-18/h6-7,9,14,17H,3-5,8,10-13,15H2,1-2H3/b7-6+. The van der Waals surface area contributed by atoms with Crippen LogP contribution in [0.3, 0.4) is 0 Å². The first kappa shape index (κ1) is 18.3. The van der Waals surface area contributed by atoms with Crippen molar-refractivity contribution in [2.75, 3.05) is 39.8 Å². The minimum Gasteiger partial charge on any atom is -0.480 e. The van der Waals surface area contributed by atoms with Gasteiger partial charge in [0.05, 0.1) is 7.11 Å². The van der Waals surface area contributed by atoms with E-state index in [0.717, 1.165) is 50.8 Å². The van der Waals surface area contributed by atoms with Crippen LogP contribution < -0.4 is 0 Å². The molecule has 1 aromatic rings. The molecule has 3 rings (SSSR count). The van der Waals surface area contributed by atoms with Crippen molar-refractivity contribution in [1.82, 2.24) is 4.90 Å². The molecule has 1 saturated heterocycles. The van der Waals surface area contributed by atoms with Gasteiger partial charge >= 0.3 is 0 Å². The summed E-state index contributed by atoms with van der Waals surface area (Å²) < 4.78 is 5.45. The van der Waals surface area contributed by atoms with Crippen LogP contribution in [-0.4, -0.2) is 56.3 Å². The van der Waals surface area contributed by atoms with Gasteiger partial charge in [0.25, 0.3) is 0 Å². The average molecular weight is 360 g/mol. The van der Waals surface area contributed by atoms with Gasteiger partial charge in [-0.1, -0.05) is 6.08 Å². The smallest absolute Gasteiger partial charge is 0.231 e. The number of allylic oxidation sites excluding steroid dienone is 1. The first-order valence-corrected chi connectivity index (χ1v) is 10.2. The number of nitrogens with zero attached hydrogens (tertiary/aromatic N) is 3. The maximum absolute atomic E-state index is 5.45. The van der Waals surface area contributed by atoms with Crippen molar-refractivity contribution in [2.45, 2.75) is 32.6 Å². The highest BCUT2D eigenvalue weighted by atomic mass is 32.1. The molecule has 1 aromatic heterocycles. The summed E-state index contributed by atoms with van der Waals surface area (Å²) in [6.07, 6.45) is 9.50. The van der Waals surface area contributed by atoms with Crippen LogP contribution in [0.2, 0.25) is 0 Å². The Hall–Kier alpha value is -1.46. The first-order valence-electron chi connectivity index (χ1n) is 9.33. The lowest BCUT2D eigenvalue weighted by molar-refractivity contribution is 0.320. The molecule has 1 fully saturated rings. The molecule has 0 aromatic carbocycles.